The quantitative estimate of drug-likeness (QED) is 0.718. The van der Waals surface area contributed by atoms with Crippen molar-refractivity contribution in [1.29, 1.82) is 0 Å². The summed E-state index contributed by atoms with van der Waals surface area (Å²) in [5.74, 6) is 0.634. The molecule has 0 spiro atoms. The van der Waals surface area contributed by atoms with Crippen molar-refractivity contribution in [1.82, 2.24) is 0 Å². The summed E-state index contributed by atoms with van der Waals surface area (Å²) in [6, 6.07) is 8.01. The lowest BCUT2D eigenvalue weighted by atomic mass is 9.79. The van der Waals surface area contributed by atoms with Gasteiger partial charge in [-0.05, 0) is 60.9 Å². The Labute approximate surface area is 106 Å². The van der Waals surface area contributed by atoms with Crippen molar-refractivity contribution in [2.24, 2.45) is 5.92 Å². The van der Waals surface area contributed by atoms with Crippen molar-refractivity contribution in [3.05, 3.63) is 34.9 Å². The molecular weight excluding hydrogens is 243 g/mol. The van der Waals surface area contributed by atoms with Gasteiger partial charge in [0.1, 0.15) is 0 Å². The van der Waals surface area contributed by atoms with E-state index in [-0.39, 0.29) is 11.2 Å². The fraction of sp³-hybridized carbons (Fsp3) is 0.462. The summed E-state index contributed by atoms with van der Waals surface area (Å²) < 4.78 is 0. The highest BCUT2D eigenvalue weighted by Gasteiger charge is 2.25. The van der Waals surface area contributed by atoms with Gasteiger partial charge in [0.2, 0.25) is 5.24 Å². The zero-order valence-electron chi connectivity index (χ0n) is 8.96. The number of hydrogen-bond donors (Lipinski definition) is 0. The van der Waals surface area contributed by atoms with Gasteiger partial charge >= 0.3 is 0 Å². The zero-order valence-corrected chi connectivity index (χ0v) is 10.5. The highest BCUT2D eigenvalue weighted by atomic mass is 35.5. The van der Waals surface area contributed by atoms with E-state index >= 15 is 0 Å². The van der Waals surface area contributed by atoms with Crippen LogP contribution in [0.2, 0.25) is 5.02 Å². The van der Waals surface area contributed by atoms with Gasteiger partial charge in [-0.25, -0.2) is 0 Å². The number of rotatable bonds is 2. The molecule has 0 saturated heterocycles. The van der Waals surface area contributed by atoms with Crippen LogP contribution in [0.4, 0.5) is 0 Å². The smallest absolute Gasteiger partial charge is 0.224 e. The van der Waals surface area contributed by atoms with Gasteiger partial charge < -0.3 is 0 Å². The van der Waals surface area contributed by atoms with Crippen LogP contribution in [0, 0.1) is 5.92 Å². The van der Waals surface area contributed by atoms with Gasteiger partial charge in [0, 0.05) is 10.9 Å². The molecule has 0 heterocycles. The highest BCUT2D eigenvalue weighted by Crippen LogP contribution is 2.36. The van der Waals surface area contributed by atoms with Gasteiger partial charge in [-0.3, -0.25) is 4.79 Å². The van der Waals surface area contributed by atoms with Gasteiger partial charge in [-0.1, -0.05) is 23.7 Å². The van der Waals surface area contributed by atoms with Gasteiger partial charge in [0.15, 0.2) is 0 Å². The number of carbonyl (C=O) groups is 1. The minimum absolute atomic E-state index is 0.0743. The molecule has 0 aliphatic heterocycles. The topological polar surface area (TPSA) is 17.1 Å². The van der Waals surface area contributed by atoms with E-state index in [2.05, 4.69) is 12.1 Å². The first-order valence-electron chi connectivity index (χ1n) is 5.61. The Morgan fingerprint density at radius 1 is 1.06 bits per heavy atom. The van der Waals surface area contributed by atoms with Gasteiger partial charge in [-0.2, -0.15) is 0 Å². The molecule has 0 N–H and O–H groups in total. The Balaban J connectivity index is 1.99. The molecule has 1 aromatic carbocycles. The minimum atomic E-state index is -0.172. The van der Waals surface area contributed by atoms with E-state index in [1.807, 2.05) is 12.1 Å². The zero-order chi connectivity index (χ0) is 11.5. The monoisotopic (exact) mass is 256 g/mol. The normalized spacial score (nSPS) is 25.4. The van der Waals surface area contributed by atoms with E-state index in [4.69, 9.17) is 23.2 Å². The summed E-state index contributed by atoms with van der Waals surface area (Å²) in [6.45, 7) is 0. The third-order valence-corrected chi connectivity index (χ3v) is 3.95. The predicted molar refractivity (Wildman–Crippen MR) is 67.0 cm³/mol. The van der Waals surface area contributed by atoms with Crippen LogP contribution >= 0.6 is 23.2 Å². The molecule has 1 aromatic rings. The molecule has 2 rings (SSSR count). The molecule has 3 heteroatoms. The first-order chi connectivity index (χ1) is 7.66. The fourth-order valence-electron chi connectivity index (χ4n) is 2.39. The summed E-state index contributed by atoms with van der Waals surface area (Å²) in [6.07, 6.45) is 3.92. The number of hydrogen-bond acceptors (Lipinski definition) is 1. The third-order valence-electron chi connectivity index (χ3n) is 3.39. The van der Waals surface area contributed by atoms with Crippen LogP contribution in [0.25, 0.3) is 0 Å². The Hall–Kier alpha value is -0.530. The summed E-state index contributed by atoms with van der Waals surface area (Å²) in [5, 5.41) is 0.600. The first kappa shape index (κ1) is 11.9. The van der Waals surface area contributed by atoms with Crippen LogP contribution < -0.4 is 0 Å². The van der Waals surface area contributed by atoms with Gasteiger partial charge in [0.25, 0.3) is 0 Å². The molecule has 0 radical (unpaired) electrons. The Kier molecular flexibility index (Phi) is 3.88. The molecule has 1 aliphatic carbocycles. The predicted octanol–water partition coefficient (Wildman–Crippen LogP) is 4.38. The molecule has 16 heavy (non-hydrogen) atoms. The highest BCUT2D eigenvalue weighted by molar-refractivity contribution is 6.63. The molecule has 1 saturated carbocycles. The van der Waals surface area contributed by atoms with Crippen LogP contribution in [0.5, 0.6) is 0 Å². The molecule has 1 fully saturated rings. The van der Waals surface area contributed by atoms with Gasteiger partial charge in [-0.15, -0.1) is 0 Å². The fourth-order valence-corrected chi connectivity index (χ4v) is 2.73. The van der Waals surface area contributed by atoms with E-state index in [1.165, 1.54) is 5.56 Å². The number of halogens is 2. The largest absolute Gasteiger partial charge is 0.281 e. The average molecular weight is 257 g/mol. The average Bonchev–Trinajstić information content (AvgIpc) is 2.30. The Morgan fingerprint density at radius 2 is 1.62 bits per heavy atom. The van der Waals surface area contributed by atoms with Crippen LogP contribution in [0.3, 0.4) is 0 Å². The molecule has 0 amide bonds. The molecule has 0 aromatic heterocycles. The lowest BCUT2D eigenvalue weighted by Gasteiger charge is -2.26. The Morgan fingerprint density at radius 3 is 2.12 bits per heavy atom. The molecule has 0 bridgehead atoms. The van der Waals surface area contributed by atoms with Crippen molar-refractivity contribution in [2.75, 3.05) is 0 Å². The third kappa shape index (κ3) is 2.78. The maximum Gasteiger partial charge on any atom is 0.224 e. The van der Waals surface area contributed by atoms with E-state index < -0.39 is 0 Å². The second-order valence-electron chi connectivity index (χ2n) is 4.40. The van der Waals surface area contributed by atoms with E-state index in [0.29, 0.717) is 5.92 Å². The van der Waals surface area contributed by atoms with Gasteiger partial charge in [0.05, 0.1) is 0 Å². The van der Waals surface area contributed by atoms with Crippen molar-refractivity contribution in [2.45, 2.75) is 31.6 Å². The van der Waals surface area contributed by atoms with Crippen molar-refractivity contribution >= 4 is 28.4 Å². The minimum Gasteiger partial charge on any atom is -0.281 e. The maximum absolute atomic E-state index is 11.0. The van der Waals surface area contributed by atoms with Crippen LogP contribution in [-0.4, -0.2) is 5.24 Å². The first-order valence-corrected chi connectivity index (χ1v) is 6.37. The van der Waals surface area contributed by atoms with Crippen molar-refractivity contribution < 1.29 is 4.79 Å². The van der Waals surface area contributed by atoms with E-state index in [9.17, 15) is 4.79 Å². The summed E-state index contributed by atoms with van der Waals surface area (Å²) in [4.78, 5) is 11.0. The molecular formula is C13H14Cl2O. The Bertz CT molecular complexity index is 364. The van der Waals surface area contributed by atoms with Crippen LogP contribution in [-0.2, 0) is 4.79 Å². The lowest BCUT2D eigenvalue weighted by Crippen LogP contribution is -2.17. The summed E-state index contributed by atoms with van der Waals surface area (Å²) in [7, 11) is 0. The lowest BCUT2D eigenvalue weighted by molar-refractivity contribution is -0.116. The van der Waals surface area contributed by atoms with E-state index in [0.717, 1.165) is 30.7 Å². The number of benzene rings is 1. The van der Waals surface area contributed by atoms with Crippen LogP contribution in [0.1, 0.15) is 37.2 Å². The second kappa shape index (κ2) is 5.20. The van der Waals surface area contributed by atoms with Crippen molar-refractivity contribution in [3.8, 4) is 0 Å². The molecule has 0 unspecified atom stereocenters. The van der Waals surface area contributed by atoms with Crippen molar-refractivity contribution in [3.63, 3.8) is 0 Å². The molecule has 86 valence electrons. The molecule has 1 nitrogen and oxygen atoms in total. The summed E-state index contributed by atoms with van der Waals surface area (Å²) >= 11 is 11.4. The molecule has 0 atom stereocenters. The van der Waals surface area contributed by atoms with Crippen LogP contribution in [0.15, 0.2) is 24.3 Å². The number of carbonyl (C=O) groups excluding carboxylic acids is 1. The molecule has 1 aliphatic rings. The maximum atomic E-state index is 11.0. The van der Waals surface area contributed by atoms with E-state index in [1.54, 1.807) is 0 Å². The standard InChI is InChI=1S/C13H14Cl2O/c14-12-7-5-10(6-8-12)9-1-3-11(4-2-9)13(15)16/h5-9,11H,1-4H2. The summed E-state index contributed by atoms with van der Waals surface area (Å²) in [5.41, 5.74) is 1.32. The SMILES string of the molecule is O=C(Cl)C1CCC(c2ccc(Cl)cc2)CC1. The second-order valence-corrected chi connectivity index (χ2v) is 5.21.